The summed E-state index contributed by atoms with van der Waals surface area (Å²) in [4.78, 5) is 29.9. The molecule has 0 saturated carbocycles. The minimum absolute atomic E-state index is 0.127. The summed E-state index contributed by atoms with van der Waals surface area (Å²) in [6.45, 7) is -0.127. The van der Waals surface area contributed by atoms with Gasteiger partial charge in [0.1, 0.15) is 23.3 Å². The molecule has 1 N–H and O–H groups in total. The van der Waals surface area contributed by atoms with Crippen LogP contribution in [-0.2, 0) is 18.4 Å². The number of benzene rings is 2. The van der Waals surface area contributed by atoms with Crippen molar-refractivity contribution in [2.24, 2.45) is 7.05 Å². The Morgan fingerprint density at radius 2 is 1.97 bits per heavy atom. The average Bonchev–Trinajstić information content (AvgIpc) is 3.09. The Kier molecular flexibility index (Phi) is 5.41. The zero-order valence-electron chi connectivity index (χ0n) is 16.4. The highest BCUT2D eigenvalue weighted by molar-refractivity contribution is 9.10. The molecule has 0 aliphatic heterocycles. The summed E-state index contributed by atoms with van der Waals surface area (Å²) < 4.78 is 9.27. The van der Waals surface area contributed by atoms with Gasteiger partial charge in [-0.2, -0.15) is 0 Å². The van der Waals surface area contributed by atoms with Crippen LogP contribution in [0, 0.1) is 0 Å². The van der Waals surface area contributed by atoms with Gasteiger partial charge in [-0.25, -0.2) is 4.98 Å². The molecule has 0 radical (unpaired) electrons. The Bertz CT molecular complexity index is 1290. The van der Waals surface area contributed by atoms with Gasteiger partial charge >= 0.3 is 0 Å². The number of carbonyl (C=O) groups excluding carboxylic acids is 1. The molecule has 8 heteroatoms. The molecule has 0 spiro atoms. The van der Waals surface area contributed by atoms with Crippen molar-refractivity contribution in [3.05, 3.63) is 75.9 Å². The van der Waals surface area contributed by atoms with Crippen LogP contribution in [0.3, 0.4) is 0 Å². The molecule has 2 aromatic carbocycles. The van der Waals surface area contributed by atoms with E-state index in [9.17, 15) is 9.59 Å². The molecule has 2 aromatic heterocycles. The fraction of sp³-hybridized carbons (Fsp3) is 0.136. The molecule has 0 bridgehead atoms. The number of aryl methyl sites for hydroxylation is 1. The maximum absolute atomic E-state index is 13.0. The fourth-order valence-corrected chi connectivity index (χ4v) is 3.58. The molecular weight excluding hydrogens is 448 g/mol. The van der Waals surface area contributed by atoms with Crippen LogP contribution >= 0.6 is 15.9 Å². The number of nitrogens with zero attached hydrogens (tertiary/aromatic N) is 3. The minimum atomic E-state index is -0.303. The highest BCUT2D eigenvalue weighted by Crippen LogP contribution is 2.29. The van der Waals surface area contributed by atoms with Crippen LogP contribution < -0.4 is 15.6 Å². The van der Waals surface area contributed by atoms with Gasteiger partial charge in [-0.05, 0) is 42.0 Å². The number of halogens is 1. The standard InChI is InChI=1S/C22H19BrN4O3/c1-26-11-18(14-4-3-5-17(10-14)30-2)20-21(26)22(29)27(13-24-20)12-19(28)25-16-8-6-15(23)7-9-16/h3-11,13H,12H2,1-2H3,(H,25,28). The first-order chi connectivity index (χ1) is 14.5. The summed E-state index contributed by atoms with van der Waals surface area (Å²) in [5.41, 5.74) is 3.13. The lowest BCUT2D eigenvalue weighted by molar-refractivity contribution is -0.116. The number of methoxy groups -OCH3 is 1. The first-order valence-corrected chi connectivity index (χ1v) is 10.00. The largest absolute Gasteiger partial charge is 0.497 e. The monoisotopic (exact) mass is 466 g/mol. The number of carbonyl (C=O) groups is 1. The van der Waals surface area contributed by atoms with Gasteiger partial charge in [0.2, 0.25) is 5.91 Å². The molecule has 7 nitrogen and oxygen atoms in total. The third-order valence-corrected chi connectivity index (χ3v) is 5.30. The van der Waals surface area contributed by atoms with Crippen LogP contribution in [0.2, 0.25) is 0 Å². The van der Waals surface area contributed by atoms with Crippen LogP contribution in [0.25, 0.3) is 22.2 Å². The maximum Gasteiger partial charge on any atom is 0.278 e. The van der Waals surface area contributed by atoms with Crippen LogP contribution in [0.1, 0.15) is 0 Å². The van der Waals surface area contributed by atoms with E-state index in [1.807, 2.05) is 42.6 Å². The van der Waals surface area contributed by atoms with Crippen LogP contribution in [0.5, 0.6) is 5.75 Å². The molecule has 4 aromatic rings. The summed E-state index contributed by atoms with van der Waals surface area (Å²) in [7, 11) is 3.40. The number of rotatable bonds is 5. The normalized spacial score (nSPS) is 10.9. The lowest BCUT2D eigenvalue weighted by atomic mass is 10.1. The number of anilines is 1. The highest BCUT2D eigenvalue weighted by atomic mass is 79.9. The van der Waals surface area contributed by atoms with Crippen molar-refractivity contribution in [1.29, 1.82) is 0 Å². The molecular formula is C22H19BrN4O3. The number of hydrogen-bond acceptors (Lipinski definition) is 4. The number of ether oxygens (including phenoxy) is 1. The predicted molar refractivity (Wildman–Crippen MR) is 120 cm³/mol. The van der Waals surface area contributed by atoms with E-state index >= 15 is 0 Å². The fourth-order valence-electron chi connectivity index (χ4n) is 3.32. The van der Waals surface area contributed by atoms with E-state index in [1.165, 1.54) is 10.9 Å². The van der Waals surface area contributed by atoms with Gasteiger partial charge in [-0.3, -0.25) is 14.2 Å². The summed E-state index contributed by atoms with van der Waals surface area (Å²) in [5, 5.41) is 2.78. The van der Waals surface area contributed by atoms with E-state index in [2.05, 4.69) is 26.2 Å². The lowest BCUT2D eigenvalue weighted by Gasteiger charge is -2.08. The van der Waals surface area contributed by atoms with Gasteiger partial charge < -0.3 is 14.6 Å². The number of fused-ring (bicyclic) bond motifs is 1. The van der Waals surface area contributed by atoms with Gasteiger partial charge in [0.15, 0.2) is 0 Å². The Hall–Kier alpha value is -3.39. The molecule has 0 saturated heterocycles. The van der Waals surface area contributed by atoms with Gasteiger partial charge in [-0.15, -0.1) is 0 Å². The van der Waals surface area contributed by atoms with E-state index in [-0.39, 0.29) is 18.0 Å². The first-order valence-electron chi connectivity index (χ1n) is 9.20. The molecule has 152 valence electrons. The van der Waals surface area contributed by atoms with Crippen molar-refractivity contribution in [2.45, 2.75) is 6.54 Å². The van der Waals surface area contributed by atoms with Crippen molar-refractivity contribution >= 4 is 38.6 Å². The van der Waals surface area contributed by atoms with Crippen LogP contribution in [-0.4, -0.2) is 27.1 Å². The highest BCUT2D eigenvalue weighted by Gasteiger charge is 2.16. The van der Waals surface area contributed by atoms with Gasteiger partial charge in [0, 0.05) is 29.0 Å². The minimum Gasteiger partial charge on any atom is -0.497 e. The van der Waals surface area contributed by atoms with Gasteiger partial charge in [0.25, 0.3) is 5.56 Å². The Morgan fingerprint density at radius 3 is 2.70 bits per heavy atom. The summed E-state index contributed by atoms with van der Waals surface area (Å²) in [5.74, 6) is 0.422. The Balaban J connectivity index is 1.66. The predicted octanol–water partition coefficient (Wildman–Crippen LogP) is 3.81. The summed E-state index contributed by atoms with van der Waals surface area (Å²) >= 11 is 3.36. The molecule has 0 aliphatic rings. The third kappa shape index (κ3) is 3.86. The molecule has 0 unspecified atom stereocenters. The Labute approximate surface area is 181 Å². The topological polar surface area (TPSA) is 78.1 Å². The van der Waals surface area contributed by atoms with Crippen molar-refractivity contribution in [3.63, 3.8) is 0 Å². The molecule has 0 atom stereocenters. The molecule has 2 heterocycles. The summed E-state index contributed by atoms with van der Waals surface area (Å²) in [6.07, 6.45) is 3.27. The van der Waals surface area contributed by atoms with Crippen molar-refractivity contribution in [2.75, 3.05) is 12.4 Å². The SMILES string of the molecule is COc1cccc(-c2cn(C)c3c(=O)n(CC(=O)Nc4ccc(Br)cc4)cnc23)c1. The number of nitrogens with one attached hydrogen (secondary N) is 1. The molecule has 1 amide bonds. The van der Waals surface area contributed by atoms with E-state index in [1.54, 1.807) is 30.9 Å². The first kappa shape index (κ1) is 19.9. The molecule has 0 fully saturated rings. The maximum atomic E-state index is 13.0. The lowest BCUT2D eigenvalue weighted by Crippen LogP contribution is -2.28. The van der Waals surface area contributed by atoms with Crippen LogP contribution in [0.4, 0.5) is 5.69 Å². The van der Waals surface area contributed by atoms with E-state index in [0.717, 1.165) is 21.3 Å². The van der Waals surface area contributed by atoms with Crippen LogP contribution in [0.15, 0.2) is 70.3 Å². The number of amides is 1. The molecule has 0 aliphatic carbocycles. The number of aromatic nitrogens is 3. The van der Waals surface area contributed by atoms with Crippen molar-refractivity contribution < 1.29 is 9.53 Å². The van der Waals surface area contributed by atoms with Crippen molar-refractivity contribution in [3.8, 4) is 16.9 Å². The van der Waals surface area contributed by atoms with Gasteiger partial charge in [-0.1, -0.05) is 28.1 Å². The molecule has 4 rings (SSSR count). The van der Waals surface area contributed by atoms with Crippen molar-refractivity contribution in [1.82, 2.24) is 14.1 Å². The smallest absolute Gasteiger partial charge is 0.278 e. The number of hydrogen-bond donors (Lipinski definition) is 1. The van der Waals surface area contributed by atoms with E-state index in [4.69, 9.17) is 4.74 Å². The second-order valence-electron chi connectivity index (χ2n) is 6.82. The zero-order valence-corrected chi connectivity index (χ0v) is 18.0. The summed E-state index contributed by atoms with van der Waals surface area (Å²) in [6, 6.07) is 14.8. The van der Waals surface area contributed by atoms with E-state index < -0.39 is 0 Å². The second kappa shape index (κ2) is 8.16. The zero-order chi connectivity index (χ0) is 21.3. The van der Waals surface area contributed by atoms with E-state index in [0.29, 0.717) is 16.7 Å². The van der Waals surface area contributed by atoms with Gasteiger partial charge in [0.05, 0.1) is 13.4 Å². The third-order valence-electron chi connectivity index (χ3n) is 4.77. The second-order valence-corrected chi connectivity index (χ2v) is 7.73. The molecule has 30 heavy (non-hydrogen) atoms. The average molecular weight is 467 g/mol. The Morgan fingerprint density at radius 1 is 1.20 bits per heavy atom. The quantitative estimate of drug-likeness (QED) is 0.484.